The van der Waals surface area contributed by atoms with Gasteiger partial charge >= 0.3 is 0 Å². The number of aromatic nitrogens is 1. The minimum Gasteiger partial charge on any atom is -0.277 e. The summed E-state index contributed by atoms with van der Waals surface area (Å²) in [6.07, 6.45) is 1.49. The molecule has 1 fully saturated rings. The SMILES string of the molecule is Cc1cc(N2C(=O)CCS2(=O)=O)ccc1S(=O)(=O)Nc1cccc2cccnc12. The summed E-state index contributed by atoms with van der Waals surface area (Å²) in [7, 11) is -7.68. The van der Waals surface area contributed by atoms with Gasteiger partial charge < -0.3 is 0 Å². The van der Waals surface area contributed by atoms with Gasteiger partial charge in [-0.25, -0.2) is 21.1 Å². The molecule has 8 nitrogen and oxygen atoms in total. The van der Waals surface area contributed by atoms with Crippen molar-refractivity contribution in [2.45, 2.75) is 18.2 Å². The summed E-state index contributed by atoms with van der Waals surface area (Å²) in [4.78, 5) is 16.2. The Morgan fingerprint density at radius 1 is 1.10 bits per heavy atom. The van der Waals surface area contributed by atoms with Gasteiger partial charge in [0, 0.05) is 18.0 Å². The van der Waals surface area contributed by atoms with Crippen molar-refractivity contribution in [2.24, 2.45) is 0 Å². The fourth-order valence-corrected chi connectivity index (χ4v) is 6.06. The van der Waals surface area contributed by atoms with E-state index in [1.54, 1.807) is 31.3 Å². The lowest BCUT2D eigenvalue weighted by Gasteiger charge is -2.17. The van der Waals surface area contributed by atoms with Gasteiger partial charge in [0.25, 0.3) is 10.0 Å². The third kappa shape index (κ3) is 3.45. The molecule has 0 atom stereocenters. The zero-order valence-electron chi connectivity index (χ0n) is 15.4. The molecule has 4 rings (SSSR count). The molecule has 29 heavy (non-hydrogen) atoms. The number of hydrogen-bond donors (Lipinski definition) is 1. The first-order valence-electron chi connectivity index (χ1n) is 8.72. The number of pyridine rings is 1. The van der Waals surface area contributed by atoms with Crippen molar-refractivity contribution >= 4 is 48.2 Å². The first-order valence-corrected chi connectivity index (χ1v) is 11.8. The van der Waals surface area contributed by atoms with Gasteiger partial charge in [0.1, 0.15) is 0 Å². The number of hydrogen-bond acceptors (Lipinski definition) is 6. The molecule has 0 saturated carbocycles. The van der Waals surface area contributed by atoms with E-state index >= 15 is 0 Å². The van der Waals surface area contributed by atoms with Crippen molar-refractivity contribution in [1.82, 2.24) is 4.98 Å². The molecule has 3 aromatic rings. The predicted octanol–water partition coefficient (Wildman–Crippen LogP) is 2.41. The second-order valence-electron chi connectivity index (χ2n) is 6.66. The molecule has 0 unspecified atom stereocenters. The van der Waals surface area contributed by atoms with Crippen LogP contribution in [0.15, 0.2) is 59.6 Å². The Labute approximate surface area is 168 Å². The standard InChI is InChI=1S/C19H17N3O5S2/c1-13-12-15(22-18(23)9-11-28(22,24)25)7-8-17(13)29(26,27)21-16-6-2-4-14-5-3-10-20-19(14)16/h2-8,10,12,21H,9,11H2,1H3. The quantitative estimate of drug-likeness (QED) is 0.679. The Balaban J connectivity index is 1.72. The summed E-state index contributed by atoms with van der Waals surface area (Å²) in [5.41, 5.74) is 1.30. The van der Waals surface area contributed by atoms with Crippen LogP contribution in [0.4, 0.5) is 11.4 Å². The fraction of sp³-hybridized carbons (Fsp3) is 0.158. The number of carbonyl (C=O) groups excluding carboxylic acids is 1. The first-order chi connectivity index (χ1) is 13.7. The van der Waals surface area contributed by atoms with Crippen LogP contribution in [0.5, 0.6) is 0 Å². The zero-order valence-corrected chi connectivity index (χ0v) is 17.0. The van der Waals surface area contributed by atoms with E-state index in [1.807, 2.05) is 12.1 Å². The highest BCUT2D eigenvalue weighted by molar-refractivity contribution is 7.94. The van der Waals surface area contributed by atoms with Gasteiger partial charge in [-0.2, -0.15) is 0 Å². The van der Waals surface area contributed by atoms with E-state index < -0.39 is 26.0 Å². The van der Waals surface area contributed by atoms with E-state index in [1.165, 1.54) is 18.2 Å². The summed E-state index contributed by atoms with van der Waals surface area (Å²) in [6.45, 7) is 1.55. The molecular formula is C19H17N3O5S2. The average molecular weight is 431 g/mol. The number of anilines is 2. The van der Waals surface area contributed by atoms with Crippen LogP contribution in [0.25, 0.3) is 10.9 Å². The zero-order chi connectivity index (χ0) is 20.8. The minimum absolute atomic E-state index is 0.0155. The molecule has 1 aliphatic rings. The third-order valence-corrected chi connectivity index (χ3v) is 7.85. The highest BCUT2D eigenvalue weighted by Crippen LogP contribution is 2.30. The van der Waals surface area contributed by atoms with E-state index in [9.17, 15) is 21.6 Å². The highest BCUT2D eigenvalue weighted by atomic mass is 32.2. The van der Waals surface area contributed by atoms with Crippen LogP contribution >= 0.6 is 0 Å². The van der Waals surface area contributed by atoms with Crippen LogP contribution in [-0.4, -0.2) is 33.5 Å². The number of carbonyl (C=O) groups is 1. The molecule has 0 spiro atoms. The van der Waals surface area contributed by atoms with Crippen molar-refractivity contribution in [2.75, 3.05) is 14.8 Å². The lowest BCUT2D eigenvalue weighted by Crippen LogP contribution is -2.29. The Morgan fingerprint density at radius 3 is 2.55 bits per heavy atom. The number of amides is 1. The molecule has 150 valence electrons. The lowest BCUT2D eigenvalue weighted by atomic mass is 10.2. The van der Waals surface area contributed by atoms with Gasteiger partial charge in [0.2, 0.25) is 15.9 Å². The van der Waals surface area contributed by atoms with Gasteiger partial charge in [-0.05, 0) is 42.8 Å². The average Bonchev–Trinajstić information content (AvgIpc) is 2.94. The summed E-state index contributed by atoms with van der Waals surface area (Å²) in [5.74, 6) is -0.777. The van der Waals surface area contributed by atoms with Crippen molar-refractivity contribution in [3.63, 3.8) is 0 Å². The Morgan fingerprint density at radius 2 is 1.86 bits per heavy atom. The van der Waals surface area contributed by atoms with Crippen LogP contribution in [0.2, 0.25) is 0 Å². The van der Waals surface area contributed by atoms with Crippen LogP contribution in [-0.2, 0) is 24.8 Å². The van der Waals surface area contributed by atoms with Crippen LogP contribution in [0.3, 0.4) is 0 Å². The number of nitrogens with zero attached hydrogens (tertiary/aromatic N) is 2. The highest BCUT2D eigenvalue weighted by Gasteiger charge is 2.36. The maximum absolute atomic E-state index is 13.0. The van der Waals surface area contributed by atoms with E-state index in [0.717, 1.165) is 9.69 Å². The second kappa shape index (κ2) is 6.82. The molecule has 1 saturated heterocycles. The molecule has 0 aliphatic carbocycles. The number of fused-ring (bicyclic) bond motifs is 1. The second-order valence-corrected chi connectivity index (χ2v) is 10.2. The van der Waals surface area contributed by atoms with Crippen LogP contribution in [0, 0.1) is 6.92 Å². The normalized spacial score (nSPS) is 16.3. The van der Waals surface area contributed by atoms with E-state index in [2.05, 4.69) is 9.71 Å². The van der Waals surface area contributed by atoms with Crippen LogP contribution in [0.1, 0.15) is 12.0 Å². The molecule has 0 radical (unpaired) electrons. The molecule has 10 heteroatoms. The lowest BCUT2D eigenvalue weighted by molar-refractivity contribution is -0.116. The van der Waals surface area contributed by atoms with Gasteiger partial charge in [0.15, 0.2) is 0 Å². The first kappa shape index (κ1) is 19.3. The van der Waals surface area contributed by atoms with Crippen molar-refractivity contribution < 1.29 is 21.6 Å². The summed E-state index contributed by atoms with van der Waals surface area (Å²) in [5, 5.41) is 0.789. The van der Waals surface area contributed by atoms with Gasteiger partial charge in [-0.15, -0.1) is 0 Å². The van der Waals surface area contributed by atoms with E-state index in [4.69, 9.17) is 0 Å². The number of para-hydroxylation sites is 1. The number of aryl methyl sites for hydroxylation is 1. The number of benzene rings is 2. The maximum Gasteiger partial charge on any atom is 0.262 e. The van der Waals surface area contributed by atoms with Crippen molar-refractivity contribution in [3.05, 3.63) is 60.3 Å². The molecule has 0 bridgehead atoms. The topological polar surface area (TPSA) is 114 Å². The van der Waals surface area contributed by atoms with Gasteiger partial charge in [0.05, 0.1) is 27.5 Å². The summed E-state index contributed by atoms with van der Waals surface area (Å²) >= 11 is 0. The summed E-state index contributed by atoms with van der Waals surface area (Å²) in [6, 6.07) is 12.8. The summed E-state index contributed by atoms with van der Waals surface area (Å²) < 4.78 is 53.4. The Kier molecular flexibility index (Phi) is 4.55. The number of sulfonamides is 2. The Bertz CT molecular complexity index is 1350. The molecule has 2 heterocycles. The number of nitrogens with one attached hydrogen (secondary N) is 1. The van der Waals surface area contributed by atoms with E-state index in [-0.39, 0.29) is 22.8 Å². The molecule has 1 N–H and O–H groups in total. The largest absolute Gasteiger partial charge is 0.277 e. The minimum atomic E-state index is -3.96. The Hall–Kier alpha value is -2.98. The van der Waals surface area contributed by atoms with E-state index in [0.29, 0.717) is 16.8 Å². The third-order valence-electron chi connectivity index (χ3n) is 4.64. The molecular weight excluding hydrogens is 414 g/mol. The smallest absolute Gasteiger partial charge is 0.262 e. The maximum atomic E-state index is 13.0. The predicted molar refractivity (Wildman–Crippen MR) is 110 cm³/mol. The fourth-order valence-electron chi connectivity index (χ4n) is 3.32. The van der Waals surface area contributed by atoms with Gasteiger partial charge in [-0.1, -0.05) is 18.2 Å². The van der Waals surface area contributed by atoms with Crippen molar-refractivity contribution in [1.29, 1.82) is 0 Å². The van der Waals surface area contributed by atoms with Crippen LogP contribution < -0.4 is 9.03 Å². The van der Waals surface area contributed by atoms with Crippen molar-refractivity contribution in [3.8, 4) is 0 Å². The molecule has 2 aromatic carbocycles. The molecule has 1 aromatic heterocycles. The van der Waals surface area contributed by atoms with Gasteiger partial charge in [-0.3, -0.25) is 14.5 Å². The monoisotopic (exact) mass is 431 g/mol. The molecule has 1 aliphatic heterocycles. The molecule has 1 amide bonds. The number of rotatable bonds is 4.